The van der Waals surface area contributed by atoms with E-state index in [2.05, 4.69) is 145 Å². The summed E-state index contributed by atoms with van der Waals surface area (Å²) in [6, 6.07) is 38.3. The SMILES string of the molecule is C1=CC2=C(c3ccc(-c4nc(-c5cccnc5)nc(-c5ccc6c(c5)C5=C(CCC=C5)c5ccccc5C65C6=C(CCCC6)c6ccccc65)n4)cc3)C=CCC2C=C1. The number of benzene rings is 4. The molecule has 0 radical (unpaired) electrons. The molecule has 6 aliphatic rings. The van der Waals surface area contributed by atoms with Gasteiger partial charge in [-0.3, -0.25) is 4.98 Å². The van der Waals surface area contributed by atoms with Crippen LogP contribution >= 0.6 is 0 Å². The van der Waals surface area contributed by atoms with Crippen molar-refractivity contribution >= 4 is 22.3 Å². The number of nitrogens with zero attached hydrogens (tertiary/aromatic N) is 4. The lowest BCUT2D eigenvalue weighted by Crippen LogP contribution is -2.32. The van der Waals surface area contributed by atoms with E-state index in [1.165, 1.54) is 74.1 Å². The Morgan fingerprint density at radius 3 is 2.03 bits per heavy atom. The number of hydrogen-bond donors (Lipinski definition) is 0. The lowest BCUT2D eigenvalue weighted by atomic mass is 9.63. The maximum absolute atomic E-state index is 5.28. The van der Waals surface area contributed by atoms with E-state index in [9.17, 15) is 0 Å². The van der Waals surface area contributed by atoms with E-state index in [1.54, 1.807) is 17.3 Å². The average Bonchev–Trinajstić information content (AvgIpc) is 3.56. The van der Waals surface area contributed by atoms with Crippen LogP contribution in [0.1, 0.15) is 83.9 Å². The highest BCUT2D eigenvalue weighted by Gasteiger charge is 2.51. The van der Waals surface area contributed by atoms with Crippen LogP contribution in [0.15, 0.2) is 175 Å². The molecule has 0 aliphatic heterocycles. The topological polar surface area (TPSA) is 51.6 Å². The van der Waals surface area contributed by atoms with Crippen LogP contribution in [-0.2, 0) is 5.41 Å². The normalized spacial score (nSPS) is 20.8. The Balaban J connectivity index is 1.06. The van der Waals surface area contributed by atoms with Gasteiger partial charge in [0.1, 0.15) is 0 Å². The minimum atomic E-state index is -0.373. The van der Waals surface area contributed by atoms with Crippen molar-refractivity contribution in [2.45, 2.75) is 50.4 Å². The summed E-state index contributed by atoms with van der Waals surface area (Å²) >= 11 is 0. The first-order chi connectivity index (χ1) is 29.3. The quantitative estimate of drug-likeness (QED) is 0.180. The summed E-state index contributed by atoms with van der Waals surface area (Å²) in [4.78, 5) is 20.0. The van der Waals surface area contributed by atoms with Gasteiger partial charge >= 0.3 is 0 Å². The van der Waals surface area contributed by atoms with Crippen LogP contribution in [0, 0.1) is 5.92 Å². The number of rotatable bonds is 4. The molecule has 2 aromatic heterocycles. The first kappa shape index (κ1) is 34.3. The van der Waals surface area contributed by atoms with Crippen LogP contribution in [0.5, 0.6) is 0 Å². The Hall–Kier alpha value is -6.78. The van der Waals surface area contributed by atoms with Gasteiger partial charge in [0.25, 0.3) is 0 Å². The van der Waals surface area contributed by atoms with Gasteiger partial charge in [0.05, 0.1) is 5.41 Å². The molecule has 6 aromatic rings. The Kier molecular flexibility index (Phi) is 7.94. The fraction of sp³-hybridized carbons (Fsp3) is 0.164. The zero-order valence-electron chi connectivity index (χ0n) is 32.9. The third kappa shape index (κ3) is 5.29. The monoisotopic (exact) mass is 758 g/mol. The molecule has 0 bridgehead atoms. The van der Waals surface area contributed by atoms with Crippen LogP contribution in [0.3, 0.4) is 0 Å². The second-order valence-corrected chi connectivity index (χ2v) is 16.6. The maximum Gasteiger partial charge on any atom is 0.165 e. The van der Waals surface area contributed by atoms with Gasteiger partial charge < -0.3 is 0 Å². The van der Waals surface area contributed by atoms with Crippen LogP contribution in [0.4, 0.5) is 0 Å². The molecule has 4 aromatic carbocycles. The van der Waals surface area contributed by atoms with Crippen molar-refractivity contribution in [3.8, 4) is 34.2 Å². The van der Waals surface area contributed by atoms with Crippen molar-refractivity contribution < 1.29 is 0 Å². The van der Waals surface area contributed by atoms with Gasteiger partial charge in [0, 0.05) is 35.0 Å². The van der Waals surface area contributed by atoms with Crippen molar-refractivity contribution in [1.29, 1.82) is 0 Å². The van der Waals surface area contributed by atoms with Gasteiger partial charge in [-0.2, -0.15) is 0 Å². The average molecular weight is 759 g/mol. The summed E-state index contributed by atoms with van der Waals surface area (Å²) in [7, 11) is 0. The van der Waals surface area contributed by atoms with Crippen molar-refractivity contribution in [3.63, 3.8) is 0 Å². The van der Waals surface area contributed by atoms with E-state index < -0.39 is 0 Å². The largest absolute Gasteiger partial charge is 0.264 e. The molecule has 0 fully saturated rings. The zero-order valence-corrected chi connectivity index (χ0v) is 32.9. The first-order valence-corrected chi connectivity index (χ1v) is 21.3. The number of fused-ring (bicyclic) bond motifs is 11. The van der Waals surface area contributed by atoms with E-state index in [0.29, 0.717) is 23.4 Å². The number of allylic oxidation sites excluding steroid dienone is 14. The number of aromatic nitrogens is 4. The molecule has 4 heteroatoms. The molecule has 2 atom stereocenters. The Bertz CT molecular complexity index is 2950. The molecule has 2 unspecified atom stereocenters. The van der Waals surface area contributed by atoms with Crippen molar-refractivity contribution in [3.05, 3.63) is 214 Å². The summed E-state index contributed by atoms with van der Waals surface area (Å²) in [5.41, 5.74) is 20.5. The van der Waals surface area contributed by atoms with Gasteiger partial charge in [0.2, 0.25) is 0 Å². The molecule has 0 N–H and O–H groups in total. The summed E-state index contributed by atoms with van der Waals surface area (Å²) < 4.78 is 0. The third-order valence-corrected chi connectivity index (χ3v) is 13.5. The second-order valence-electron chi connectivity index (χ2n) is 16.6. The Morgan fingerprint density at radius 1 is 0.525 bits per heavy atom. The Morgan fingerprint density at radius 2 is 1.22 bits per heavy atom. The number of pyridine rings is 1. The van der Waals surface area contributed by atoms with Gasteiger partial charge in [0.15, 0.2) is 17.5 Å². The summed E-state index contributed by atoms with van der Waals surface area (Å²) in [5, 5.41) is 0. The van der Waals surface area contributed by atoms with Gasteiger partial charge in [-0.25, -0.2) is 15.0 Å². The molecule has 0 saturated carbocycles. The molecular weight excluding hydrogens is 717 g/mol. The summed E-state index contributed by atoms with van der Waals surface area (Å²) in [6.45, 7) is 0. The molecule has 2 heterocycles. The predicted molar refractivity (Wildman–Crippen MR) is 240 cm³/mol. The lowest BCUT2D eigenvalue weighted by molar-refractivity contribution is 0.632. The van der Waals surface area contributed by atoms with Crippen LogP contribution in [0.25, 0.3) is 56.5 Å². The van der Waals surface area contributed by atoms with E-state index in [0.717, 1.165) is 48.8 Å². The highest BCUT2D eigenvalue weighted by molar-refractivity contribution is 6.03. The predicted octanol–water partition coefficient (Wildman–Crippen LogP) is 13.0. The van der Waals surface area contributed by atoms with Crippen LogP contribution in [-0.4, -0.2) is 19.9 Å². The highest BCUT2D eigenvalue weighted by atomic mass is 15.0. The van der Waals surface area contributed by atoms with Crippen LogP contribution in [0.2, 0.25) is 0 Å². The molecule has 59 heavy (non-hydrogen) atoms. The molecule has 6 aliphatic carbocycles. The highest BCUT2D eigenvalue weighted by Crippen LogP contribution is 2.62. The number of hydrogen-bond acceptors (Lipinski definition) is 4. The Labute approximate surface area is 345 Å². The zero-order chi connectivity index (χ0) is 38.9. The van der Waals surface area contributed by atoms with Gasteiger partial charge in [-0.1, -0.05) is 134 Å². The fourth-order valence-electron chi connectivity index (χ4n) is 10.9. The van der Waals surface area contributed by atoms with Gasteiger partial charge in [-0.15, -0.1) is 0 Å². The lowest BCUT2D eigenvalue weighted by Gasteiger charge is -2.38. The second kappa shape index (κ2) is 13.7. The minimum absolute atomic E-state index is 0.373. The minimum Gasteiger partial charge on any atom is -0.264 e. The first-order valence-electron chi connectivity index (χ1n) is 21.3. The molecule has 12 rings (SSSR count). The molecule has 1 spiro atoms. The van der Waals surface area contributed by atoms with E-state index in [4.69, 9.17) is 15.0 Å². The molecular formula is C55H42N4. The van der Waals surface area contributed by atoms with E-state index in [1.807, 2.05) is 18.3 Å². The van der Waals surface area contributed by atoms with Gasteiger partial charge in [-0.05, 0) is 136 Å². The third-order valence-electron chi connectivity index (χ3n) is 13.5. The van der Waals surface area contributed by atoms with Crippen molar-refractivity contribution in [1.82, 2.24) is 19.9 Å². The van der Waals surface area contributed by atoms with E-state index >= 15 is 0 Å². The van der Waals surface area contributed by atoms with E-state index in [-0.39, 0.29) is 5.41 Å². The molecule has 0 amide bonds. The summed E-state index contributed by atoms with van der Waals surface area (Å²) in [5.74, 6) is 2.35. The maximum atomic E-state index is 5.28. The van der Waals surface area contributed by atoms with Crippen LogP contribution < -0.4 is 0 Å². The smallest absolute Gasteiger partial charge is 0.165 e. The molecule has 4 nitrogen and oxygen atoms in total. The fourth-order valence-corrected chi connectivity index (χ4v) is 10.9. The summed E-state index contributed by atoms with van der Waals surface area (Å²) in [6.07, 6.45) is 29.6. The molecule has 0 saturated heterocycles. The van der Waals surface area contributed by atoms with Crippen molar-refractivity contribution in [2.75, 3.05) is 0 Å². The standard InChI is InChI=1S/C55H42N4/c1-2-16-40-35(13-1)14-11-22-41(40)36-26-28-37(29-27-36)52-57-53(59-54(58-52)39-15-12-32-56-34-39)38-30-31-51-47(33-38)43-18-4-3-17-42(43)44-19-5-8-23-48(44)55(51)49-24-9-6-20-45(49)46-21-7-10-25-50(46)55/h1-2,4-6,8-9,11-13,15-16,18-20,22-24,26-35H,3,7,10,14,17,21,25H2. The molecule has 282 valence electrons. The van der Waals surface area contributed by atoms with Crippen molar-refractivity contribution in [2.24, 2.45) is 5.92 Å².